The maximum absolute atomic E-state index is 11.8. The van der Waals surface area contributed by atoms with E-state index in [0.717, 1.165) is 5.56 Å². The molecule has 0 radical (unpaired) electrons. The van der Waals surface area contributed by atoms with E-state index < -0.39 is 17.7 Å². The summed E-state index contributed by atoms with van der Waals surface area (Å²) in [6, 6.07) is 4.77. The van der Waals surface area contributed by atoms with Crippen molar-refractivity contribution in [3.63, 3.8) is 0 Å². The first-order valence-electron chi connectivity index (χ1n) is 6.30. The average Bonchev–Trinajstić information content (AvgIpc) is 2.34. The van der Waals surface area contributed by atoms with Crippen LogP contribution in [0.2, 0.25) is 5.02 Å². The number of hydrogen-bond donors (Lipinski definition) is 2. The fourth-order valence-electron chi connectivity index (χ4n) is 1.69. The predicted octanol–water partition coefficient (Wildman–Crippen LogP) is 2.87. The molecule has 0 aliphatic rings. The summed E-state index contributed by atoms with van der Waals surface area (Å²) >= 11 is 5.91. The summed E-state index contributed by atoms with van der Waals surface area (Å²) < 4.78 is 10.5. The average molecular weight is 301 g/mol. The number of rotatable bonds is 4. The third-order valence-corrected chi connectivity index (χ3v) is 2.73. The number of carbonyl (C=O) groups is 1. The summed E-state index contributed by atoms with van der Waals surface area (Å²) in [5.41, 5.74) is 5.91. The predicted molar refractivity (Wildman–Crippen MR) is 79.2 cm³/mol. The lowest BCUT2D eigenvalue weighted by Gasteiger charge is -2.24. The first-order valence-corrected chi connectivity index (χ1v) is 6.67. The number of benzene rings is 1. The molecule has 0 fully saturated rings. The van der Waals surface area contributed by atoms with Gasteiger partial charge in [-0.1, -0.05) is 17.7 Å². The largest absolute Gasteiger partial charge is 0.496 e. The molecule has 1 atom stereocenters. The molecule has 1 unspecified atom stereocenters. The number of carbonyl (C=O) groups excluding carboxylic acids is 1. The van der Waals surface area contributed by atoms with Crippen LogP contribution in [0, 0.1) is 0 Å². The first-order chi connectivity index (χ1) is 9.26. The maximum atomic E-state index is 11.8. The van der Waals surface area contributed by atoms with Crippen molar-refractivity contribution in [1.82, 2.24) is 5.32 Å². The Balaban J connectivity index is 2.89. The second-order valence-electron chi connectivity index (χ2n) is 5.32. The highest BCUT2D eigenvalue weighted by molar-refractivity contribution is 6.30. The van der Waals surface area contributed by atoms with Crippen LogP contribution in [-0.4, -0.2) is 25.3 Å². The molecule has 1 amide bonds. The molecule has 0 aliphatic carbocycles. The number of alkyl carbamates (subject to hydrolysis) is 1. The third kappa shape index (κ3) is 4.90. The van der Waals surface area contributed by atoms with Gasteiger partial charge in [0.15, 0.2) is 0 Å². The Bertz CT molecular complexity index is 472. The zero-order valence-electron chi connectivity index (χ0n) is 12.2. The minimum atomic E-state index is -0.562. The normalized spacial score (nSPS) is 12.7. The number of methoxy groups -OCH3 is 1. The Morgan fingerprint density at radius 3 is 2.60 bits per heavy atom. The van der Waals surface area contributed by atoms with Crippen molar-refractivity contribution >= 4 is 17.7 Å². The molecule has 20 heavy (non-hydrogen) atoms. The molecule has 0 aliphatic heterocycles. The van der Waals surface area contributed by atoms with Crippen molar-refractivity contribution < 1.29 is 14.3 Å². The zero-order valence-corrected chi connectivity index (χ0v) is 13.0. The first kappa shape index (κ1) is 16.6. The molecular weight excluding hydrogens is 280 g/mol. The minimum Gasteiger partial charge on any atom is -0.496 e. The molecule has 6 heteroatoms. The fraction of sp³-hybridized carbons (Fsp3) is 0.500. The van der Waals surface area contributed by atoms with Crippen LogP contribution in [0.4, 0.5) is 4.79 Å². The molecule has 112 valence electrons. The SMILES string of the molecule is COc1cc(Cl)ccc1C(CN)NC(=O)OC(C)(C)C. The summed E-state index contributed by atoms with van der Waals surface area (Å²) in [4.78, 5) is 11.8. The number of nitrogens with one attached hydrogen (secondary N) is 1. The van der Waals surface area contributed by atoms with Crippen molar-refractivity contribution in [1.29, 1.82) is 0 Å². The number of hydrogen-bond acceptors (Lipinski definition) is 4. The molecular formula is C14H21ClN2O3. The molecule has 0 saturated carbocycles. The van der Waals surface area contributed by atoms with E-state index in [1.165, 1.54) is 7.11 Å². The van der Waals surface area contributed by atoms with Gasteiger partial charge in [0.05, 0.1) is 13.2 Å². The Morgan fingerprint density at radius 1 is 1.45 bits per heavy atom. The van der Waals surface area contributed by atoms with E-state index in [4.69, 9.17) is 26.8 Å². The number of nitrogens with two attached hydrogens (primary N) is 1. The van der Waals surface area contributed by atoms with E-state index in [1.54, 1.807) is 39.0 Å². The number of halogens is 1. The Labute approximate surface area is 124 Å². The Hall–Kier alpha value is -1.46. The molecule has 3 N–H and O–H groups in total. The summed E-state index contributed by atoms with van der Waals surface area (Å²) in [5, 5.41) is 3.28. The van der Waals surface area contributed by atoms with Gasteiger partial charge in [0.25, 0.3) is 0 Å². The van der Waals surface area contributed by atoms with Gasteiger partial charge in [-0.3, -0.25) is 0 Å². The molecule has 0 bridgehead atoms. The smallest absolute Gasteiger partial charge is 0.408 e. The second-order valence-corrected chi connectivity index (χ2v) is 5.76. The molecule has 1 aromatic carbocycles. The van der Waals surface area contributed by atoms with Crippen molar-refractivity contribution in [3.8, 4) is 5.75 Å². The molecule has 0 saturated heterocycles. The van der Waals surface area contributed by atoms with Crippen LogP contribution < -0.4 is 15.8 Å². The second kappa shape index (κ2) is 6.81. The number of amides is 1. The minimum absolute atomic E-state index is 0.219. The fourth-order valence-corrected chi connectivity index (χ4v) is 1.85. The van der Waals surface area contributed by atoms with Gasteiger partial charge in [-0.15, -0.1) is 0 Å². The summed E-state index contributed by atoms with van der Waals surface area (Å²) in [6.45, 7) is 5.62. The van der Waals surface area contributed by atoms with Gasteiger partial charge in [-0.25, -0.2) is 4.79 Å². The monoisotopic (exact) mass is 300 g/mol. The van der Waals surface area contributed by atoms with Gasteiger partial charge >= 0.3 is 6.09 Å². The third-order valence-electron chi connectivity index (χ3n) is 2.50. The van der Waals surface area contributed by atoms with Crippen molar-refractivity contribution in [3.05, 3.63) is 28.8 Å². The molecule has 1 aromatic rings. The topological polar surface area (TPSA) is 73.6 Å². The molecule has 1 rings (SSSR count). The van der Waals surface area contributed by atoms with Crippen molar-refractivity contribution in [2.24, 2.45) is 5.73 Å². The van der Waals surface area contributed by atoms with Gasteiger partial charge in [-0.2, -0.15) is 0 Å². The van der Waals surface area contributed by atoms with Crippen LogP contribution in [0.25, 0.3) is 0 Å². The van der Waals surface area contributed by atoms with Crippen LogP contribution in [0.15, 0.2) is 18.2 Å². The highest BCUT2D eigenvalue weighted by Crippen LogP contribution is 2.28. The standard InChI is InChI=1S/C14H21ClN2O3/c1-14(2,3)20-13(18)17-11(8-16)10-6-5-9(15)7-12(10)19-4/h5-7,11H,8,16H2,1-4H3,(H,17,18). The maximum Gasteiger partial charge on any atom is 0.408 e. The van der Waals surface area contributed by atoms with Crippen LogP contribution in [-0.2, 0) is 4.74 Å². The quantitative estimate of drug-likeness (QED) is 0.896. The Kier molecular flexibility index (Phi) is 5.65. The summed E-state index contributed by atoms with van der Waals surface area (Å²) in [7, 11) is 1.54. The van der Waals surface area contributed by atoms with Gasteiger partial charge in [0, 0.05) is 17.1 Å². The zero-order chi connectivity index (χ0) is 15.3. The molecule has 0 spiro atoms. The van der Waals surface area contributed by atoms with E-state index in [2.05, 4.69) is 5.32 Å². The van der Waals surface area contributed by atoms with E-state index in [0.29, 0.717) is 10.8 Å². The lowest BCUT2D eigenvalue weighted by atomic mass is 10.1. The summed E-state index contributed by atoms with van der Waals surface area (Å²) in [6.07, 6.45) is -0.523. The van der Waals surface area contributed by atoms with Gasteiger partial charge < -0.3 is 20.5 Å². The lowest BCUT2D eigenvalue weighted by Crippen LogP contribution is -2.37. The van der Waals surface area contributed by atoms with Crippen molar-refractivity contribution in [2.75, 3.05) is 13.7 Å². The molecule has 5 nitrogen and oxygen atoms in total. The lowest BCUT2D eigenvalue weighted by molar-refractivity contribution is 0.0505. The van der Waals surface area contributed by atoms with E-state index in [-0.39, 0.29) is 6.54 Å². The number of ether oxygens (including phenoxy) is 2. The van der Waals surface area contributed by atoms with E-state index in [9.17, 15) is 4.79 Å². The van der Waals surface area contributed by atoms with Crippen molar-refractivity contribution in [2.45, 2.75) is 32.4 Å². The molecule has 0 aromatic heterocycles. The van der Waals surface area contributed by atoms with Crippen LogP contribution in [0.1, 0.15) is 32.4 Å². The van der Waals surface area contributed by atoms with E-state index in [1.807, 2.05) is 0 Å². The van der Waals surface area contributed by atoms with E-state index >= 15 is 0 Å². The summed E-state index contributed by atoms with van der Waals surface area (Å²) in [5.74, 6) is 0.573. The van der Waals surface area contributed by atoms with Crippen LogP contribution in [0.3, 0.4) is 0 Å². The Morgan fingerprint density at radius 2 is 2.10 bits per heavy atom. The highest BCUT2D eigenvalue weighted by Gasteiger charge is 2.21. The van der Waals surface area contributed by atoms with Gasteiger partial charge in [0.2, 0.25) is 0 Å². The van der Waals surface area contributed by atoms with Crippen LogP contribution >= 0.6 is 11.6 Å². The highest BCUT2D eigenvalue weighted by atomic mass is 35.5. The molecule has 0 heterocycles. The van der Waals surface area contributed by atoms with Gasteiger partial charge in [-0.05, 0) is 32.9 Å². The van der Waals surface area contributed by atoms with Crippen LogP contribution in [0.5, 0.6) is 5.75 Å². The van der Waals surface area contributed by atoms with Gasteiger partial charge in [0.1, 0.15) is 11.4 Å².